The fraction of sp³-hybridized carbons (Fsp3) is 0.500. The van der Waals surface area contributed by atoms with Crippen LogP contribution in [0.15, 0.2) is 12.1 Å². The standard InChI is InChI=1S/C14H20O5/c1-10-7-11(17-3)8-13(19-9-16-2)12(10)5-6-14(15)18-4/h7-8H,5-6,9H2,1-4H3. The first-order valence-electron chi connectivity index (χ1n) is 5.98. The fourth-order valence-electron chi connectivity index (χ4n) is 1.77. The third kappa shape index (κ3) is 4.44. The molecule has 0 saturated heterocycles. The van der Waals surface area contributed by atoms with Gasteiger partial charge in [-0.05, 0) is 30.5 Å². The molecule has 1 rings (SSSR count). The minimum absolute atomic E-state index is 0.151. The normalized spacial score (nSPS) is 10.1. The van der Waals surface area contributed by atoms with Crippen molar-refractivity contribution in [2.45, 2.75) is 19.8 Å². The van der Waals surface area contributed by atoms with Gasteiger partial charge in [-0.3, -0.25) is 4.79 Å². The van der Waals surface area contributed by atoms with Crippen LogP contribution >= 0.6 is 0 Å². The van der Waals surface area contributed by atoms with E-state index in [1.165, 1.54) is 7.11 Å². The predicted molar refractivity (Wildman–Crippen MR) is 70.6 cm³/mol. The van der Waals surface area contributed by atoms with Crippen LogP contribution in [-0.4, -0.2) is 34.1 Å². The second-order valence-corrected chi connectivity index (χ2v) is 4.05. The molecule has 0 bridgehead atoms. The molecular formula is C14H20O5. The summed E-state index contributed by atoms with van der Waals surface area (Å²) in [6.07, 6.45) is 0.870. The molecular weight excluding hydrogens is 248 g/mol. The van der Waals surface area contributed by atoms with E-state index in [4.69, 9.17) is 14.2 Å². The SMILES string of the molecule is COCOc1cc(OC)cc(C)c1CCC(=O)OC. The molecule has 106 valence electrons. The topological polar surface area (TPSA) is 54.0 Å². The third-order valence-electron chi connectivity index (χ3n) is 2.78. The minimum Gasteiger partial charge on any atom is -0.497 e. The Hall–Kier alpha value is -1.75. The van der Waals surface area contributed by atoms with E-state index in [-0.39, 0.29) is 12.8 Å². The number of hydrogen-bond acceptors (Lipinski definition) is 5. The summed E-state index contributed by atoms with van der Waals surface area (Å²) in [6.45, 7) is 2.10. The van der Waals surface area contributed by atoms with Gasteiger partial charge in [0.05, 0.1) is 14.2 Å². The average molecular weight is 268 g/mol. The molecule has 19 heavy (non-hydrogen) atoms. The molecule has 0 radical (unpaired) electrons. The number of benzene rings is 1. The lowest BCUT2D eigenvalue weighted by molar-refractivity contribution is -0.140. The quantitative estimate of drug-likeness (QED) is 0.560. The number of methoxy groups -OCH3 is 3. The molecule has 0 aliphatic heterocycles. The van der Waals surface area contributed by atoms with Crippen LogP contribution in [-0.2, 0) is 20.7 Å². The molecule has 5 nitrogen and oxygen atoms in total. The summed E-state index contributed by atoms with van der Waals surface area (Å²) in [6, 6.07) is 3.70. The van der Waals surface area contributed by atoms with Gasteiger partial charge < -0.3 is 18.9 Å². The summed E-state index contributed by atoms with van der Waals surface area (Å²) in [4.78, 5) is 11.2. The first-order valence-corrected chi connectivity index (χ1v) is 5.98. The van der Waals surface area contributed by atoms with Crippen molar-refractivity contribution >= 4 is 5.97 Å². The van der Waals surface area contributed by atoms with Crippen molar-refractivity contribution in [3.63, 3.8) is 0 Å². The van der Waals surface area contributed by atoms with Gasteiger partial charge in [0.2, 0.25) is 0 Å². The van der Waals surface area contributed by atoms with Crippen LogP contribution in [0.5, 0.6) is 11.5 Å². The van der Waals surface area contributed by atoms with Crippen molar-refractivity contribution < 1.29 is 23.7 Å². The summed E-state index contributed by atoms with van der Waals surface area (Å²) >= 11 is 0. The minimum atomic E-state index is -0.243. The van der Waals surface area contributed by atoms with E-state index in [2.05, 4.69) is 4.74 Å². The number of hydrogen-bond donors (Lipinski definition) is 0. The van der Waals surface area contributed by atoms with Gasteiger partial charge in [-0.1, -0.05) is 0 Å². The zero-order valence-electron chi connectivity index (χ0n) is 11.8. The van der Waals surface area contributed by atoms with E-state index >= 15 is 0 Å². The van der Waals surface area contributed by atoms with Gasteiger partial charge in [0.15, 0.2) is 6.79 Å². The maximum atomic E-state index is 11.2. The smallest absolute Gasteiger partial charge is 0.305 e. The van der Waals surface area contributed by atoms with Crippen molar-refractivity contribution in [1.29, 1.82) is 0 Å². The Bertz CT molecular complexity index is 428. The van der Waals surface area contributed by atoms with Crippen LogP contribution in [0.25, 0.3) is 0 Å². The van der Waals surface area contributed by atoms with Crippen LogP contribution < -0.4 is 9.47 Å². The molecule has 0 amide bonds. The molecule has 0 atom stereocenters. The second kappa shape index (κ2) is 7.63. The Labute approximate surface area is 113 Å². The first-order chi connectivity index (χ1) is 9.12. The Morgan fingerprint density at radius 1 is 1.21 bits per heavy atom. The molecule has 0 spiro atoms. The number of carbonyl (C=O) groups is 1. The zero-order valence-corrected chi connectivity index (χ0v) is 11.8. The Balaban J connectivity index is 2.94. The lowest BCUT2D eigenvalue weighted by Gasteiger charge is -2.15. The summed E-state index contributed by atoms with van der Waals surface area (Å²) in [5.74, 6) is 1.14. The van der Waals surface area contributed by atoms with Crippen molar-refractivity contribution in [3.8, 4) is 11.5 Å². The van der Waals surface area contributed by atoms with Gasteiger partial charge >= 0.3 is 5.97 Å². The van der Waals surface area contributed by atoms with Crippen molar-refractivity contribution in [2.24, 2.45) is 0 Å². The highest BCUT2D eigenvalue weighted by Gasteiger charge is 2.12. The monoisotopic (exact) mass is 268 g/mol. The van der Waals surface area contributed by atoms with Crippen LogP contribution in [0.4, 0.5) is 0 Å². The Morgan fingerprint density at radius 2 is 1.95 bits per heavy atom. The zero-order chi connectivity index (χ0) is 14.3. The summed E-state index contributed by atoms with van der Waals surface area (Å²) in [5.41, 5.74) is 1.97. The van der Waals surface area contributed by atoms with Crippen LogP contribution in [0, 0.1) is 6.92 Å². The Morgan fingerprint density at radius 3 is 2.53 bits per heavy atom. The number of carbonyl (C=O) groups excluding carboxylic acids is 1. The first kappa shape index (κ1) is 15.3. The van der Waals surface area contributed by atoms with Crippen LogP contribution in [0.2, 0.25) is 0 Å². The molecule has 0 fully saturated rings. The maximum absolute atomic E-state index is 11.2. The predicted octanol–water partition coefficient (Wildman–Crippen LogP) is 2.09. The average Bonchev–Trinajstić information content (AvgIpc) is 2.42. The van der Waals surface area contributed by atoms with E-state index in [1.54, 1.807) is 20.3 Å². The molecule has 0 saturated carbocycles. The lowest BCUT2D eigenvalue weighted by Crippen LogP contribution is -2.07. The molecule has 0 heterocycles. The number of aryl methyl sites for hydroxylation is 1. The van der Waals surface area contributed by atoms with Crippen LogP contribution in [0.3, 0.4) is 0 Å². The highest BCUT2D eigenvalue weighted by atomic mass is 16.7. The van der Waals surface area contributed by atoms with Gasteiger partial charge in [-0.2, -0.15) is 0 Å². The maximum Gasteiger partial charge on any atom is 0.305 e. The largest absolute Gasteiger partial charge is 0.497 e. The van der Waals surface area contributed by atoms with E-state index in [9.17, 15) is 4.79 Å². The molecule has 0 N–H and O–H groups in total. The van der Waals surface area contributed by atoms with E-state index < -0.39 is 0 Å². The number of esters is 1. The van der Waals surface area contributed by atoms with Gasteiger partial charge in [-0.15, -0.1) is 0 Å². The van der Waals surface area contributed by atoms with E-state index in [0.717, 1.165) is 11.1 Å². The molecule has 0 aliphatic carbocycles. The fourth-order valence-corrected chi connectivity index (χ4v) is 1.77. The van der Waals surface area contributed by atoms with Crippen molar-refractivity contribution in [1.82, 2.24) is 0 Å². The molecule has 0 aromatic heterocycles. The van der Waals surface area contributed by atoms with E-state index in [1.807, 2.05) is 13.0 Å². The summed E-state index contributed by atoms with van der Waals surface area (Å²) < 4.78 is 20.3. The summed E-state index contributed by atoms with van der Waals surface area (Å²) in [7, 11) is 4.54. The molecule has 1 aromatic carbocycles. The van der Waals surface area contributed by atoms with Crippen molar-refractivity contribution in [2.75, 3.05) is 28.1 Å². The second-order valence-electron chi connectivity index (χ2n) is 4.05. The summed E-state index contributed by atoms with van der Waals surface area (Å²) in [5, 5.41) is 0. The van der Waals surface area contributed by atoms with Gasteiger partial charge in [0.25, 0.3) is 0 Å². The Kier molecular flexibility index (Phi) is 6.15. The number of ether oxygens (including phenoxy) is 4. The molecule has 1 aromatic rings. The van der Waals surface area contributed by atoms with Crippen LogP contribution in [0.1, 0.15) is 17.5 Å². The van der Waals surface area contributed by atoms with Crippen molar-refractivity contribution in [3.05, 3.63) is 23.3 Å². The molecule has 0 unspecified atom stereocenters. The van der Waals surface area contributed by atoms with Gasteiger partial charge in [0.1, 0.15) is 11.5 Å². The highest BCUT2D eigenvalue weighted by Crippen LogP contribution is 2.29. The third-order valence-corrected chi connectivity index (χ3v) is 2.78. The highest BCUT2D eigenvalue weighted by molar-refractivity contribution is 5.69. The molecule has 0 aliphatic rings. The lowest BCUT2D eigenvalue weighted by atomic mass is 10.0. The van der Waals surface area contributed by atoms with Gasteiger partial charge in [0, 0.05) is 19.6 Å². The molecule has 5 heteroatoms. The van der Waals surface area contributed by atoms with Gasteiger partial charge in [-0.25, -0.2) is 0 Å². The number of rotatable bonds is 7. The van der Waals surface area contributed by atoms with E-state index in [0.29, 0.717) is 24.3 Å².